The Kier molecular flexibility index (Phi) is 7.44. The minimum Gasteiger partial charge on any atom is -0.352 e. The van der Waals surface area contributed by atoms with Crippen molar-refractivity contribution in [1.29, 1.82) is 0 Å². The lowest BCUT2D eigenvalue weighted by Gasteiger charge is -2.32. The second-order valence-electron chi connectivity index (χ2n) is 6.37. The number of nitrogens with zero attached hydrogens (tertiary/aromatic N) is 1. The molecule has 0 unspecified atom stereocenters. The maximum atomic E-state index is 12.0. The molecule has 0 radical (unpaired) electrons. The quantitative estimate of drug-likeness (QED) is 0.790. The first-order valence-electron chi connectivity index (χ1n) is 9.00. The zero-order chi connectivity index (χ0) is 18.1. The van der Waals surface area contributed by atoms with Gasteiger partial charge in [0.05, 0.1) is 6.54 Å². The zero-order valence-electron chi connectivity index (χ0n) is 14.8. The maximum absolute atomic E-state index is 12.0. The Morgan fingerprint density at radius 1 is 1.12 bits per heavy atom. The molecule has 1 fully saturated rings. The summed E-state index contributed by atoms with van der Waals surface area (Å²) in [4.78, 5) is 37.8. The fraction of sp³-hybridized carbons (Fsp3) is 0.526. The number of piperidine rings is 1. The zero-order valence-corrected chi connectivity index (χ0v) is 14.8. The summed E-state index contributed by atoms with van der Waals surface area (Å²) in [5.41, 5.74) is 0.536. The molecular weight excluding hydrogens is 318 g/mol. The third-order valence-corrected chi connectivity index (χ3v) is 4.40. The Bertz CT molecular complexity index is 581. The molecule has 1 aromatic carbocycles. The van der Waals surface area contributed by atoms with Crippen LogP contribution in [0.2, 0.25) is 0 Å². The van der Waals surface area contributed by atoms with E-state index < -0.39 is 0 Å². The Hall–Kier alpha value is -2.37. The summed E-state index contributed by atoms with van der Waals surface area (Å²) < 4.78 is 0. The number of nitrogens with one attached hydrogen (secondary N) is 2. The molecule has 2 N–H and O–H groups in total. The monoisotopic (exact) mass is 345 g/mol. The van der Waals surface area contributed by atoms with Gasteiger partial charge in [-0.3, -0.25) is 14.4 Å². The van der Waals surface area contributed by atoms with Crippen molar-refractivity contribution in [2.24, 2.45) is 0 Å². The van der Waals surface area contributed by atoms with Crippen molar-refractivity contribution in [3.05, 3.63) is 35.9 Å². The summed E-state index contributed by atoms with van der Waals surface area (Å²) in [6.07, 6.45) is 4.08. The van der Waals surface area contributed by atoms with E-state index in [0.717, 1.165) is 25.7 Å². The number of benzene rings is 1. The molecule has 0 bridgehead atoms. The summed E-state index contributed by atoms with van der Waals surface area (Å²) in [7, 11) is 0. The van der Waals surface area contributed by atoms with E-state index in [1.807, 2.05) is 11.0 Å². The molecule has 3 amide bonds. The molecule has 1 saturated heterocycles. The lowest BCUT2D eigenvalue weighted by molar-refractivity contribution is -0.132. The number of unbranched alkanes of at least 4 members (excludes halogenated alkanes) is 1. The molecule has 0 atom stereocenters. The van der Waals surface area contributed by atoms with E-state index in [9.17, 15) is 14.4 Å². The average Bonchev–Trinajstić information content (AvgIpc) is 2.65. The summed E-state index contributed by atoms with van der Waals surface area (Å²) >= 11 is 0. The summed E-state index contributed by atoms with van der Waals surface area (Å²) in [5, 5.41) is 5.56. The van der Waals surface area contributed by atoms with Crippen LogP contribution >= 0.6 is 0 Å². The van der Waals surface area contributed by atoms with E-state index >= 15 is 0 Å². The van der Waals surface area contributed by atoms with Gasteiger partial charge in [-0.25, -0.2) is 0 Å². The molecule has 0 spiro atoms. The second-order valence-corrected chi connectivity index (χ2v) is 6.37. The Morgan fingerprint density at radius 2 is 1.80 bits per heavy atom. The van der Waals surface area contributed by atoms with Crippen LogP contribution in [0.25, 0.3) is 0 Å². The Balaban J connectivity index is 1.67. The molecule has 1 aromatic rings. The summed E-state index contributed by atoms with van der Waals surface area (Å²) in [6, 6.07) is 8.88. The SMILES string of the molecule is CCCCC(=O)N1CCC(NC(=O)CNC(=O)c2ccccc2)CC1. The van der Waals surface area contributed by atoms with E-state index in [1.54, 1.807) is 24.3 Å². The van der Waals surface area contributed by atoms with Gasteiger partial charge in [-0.2, -0.15) is 0 Å². The highest BCUT2D eigenvalue weighted by Crippen LogP contribution is 2.12. The van der Waals surface area contributed by atoms with Gasteiger partial charge in [0.2, 0.25) is 11.8 Å². The van der Waals surface area contributed by atoms with Crippen molar-refractivity contribution < 1.29 is 14.4 Å². The van der Waals surface area contributed by atoms with Gasteiger partial charge in [0.1, 0.15) is 0 Å². The molecule has 25 heavy (non-hydrogen) atoms. The number of hydrogen-bond acceptors (Lipinski definition) is 3. The first-order valence-corrected chi connectivity index (χ1v) is 9.00. The highest BCUT2D eigenvalue weighted by molar-refractivity contribution is 5.96. The molecule has 0 saturated carbocycles. The largest absolute Gasteiger partial charge is 0.352 e. The van der Waals surface area contributed by atoms with Crippen molar-refractivity contribution in [3.63, 3.8) is 0 Å². The molecule has 0 aromatic heterocycles. The van der Waals surface area contributed by atoms with Crippen LogP contribution in [-0.2, 0) is 9.59 Å². The number of carbonyl (C=O) groups excluding carboxylic acids is 3. The summed E-state index contributed by atoms with van der Waals surface area (Å²) in [6.45, 7) is 3.41. The highest BCUT2D eigenvalue weighted by atomic mass is 16.2. The molecule has 2 rings (SSSR count). The van der Waals surface area contributed by atoms with Crippen molar-refractivity contribution in [1.82, 2.24) is 15.5 Å². The predicted molar refractivity (Wildman–Crippen MR) is 96.0 cm³/mol. The average molecular weight is 345 g/mol. The van der Waals surface area contributed by atoms with Crippen molar-refractivity contribution >= 4 is 17.7 Å². The fourth-order valence-corrected chi connectivity index (χ4v) is 2.89. The molecule has 136 valence electrons. The van der Waals surface area contributed by atoms with E-state index in [1.165, 1.54) is 0 Å². The van der Waals surface area contributed by atoms with Gasteiger partial charge in [0, 0.05) is 31.1 Å². The van der Waals surface area contributed by atoms with E-state index in [-0.39, 0.29) is 30.3 Å². The second kappa shape index (κ2) is 9.81. The fourth-order valence-electron chi connectivity index (χ4n) is 2.89. The molecule has 0 aliphatic carbocycles. The van der Waals surface area contributed by atoms with E-state index in [4.69, 9.17) is 0 Å². The molecule has 6 heteroatoms. The number of likely N-dealkylation sites (tertiary alicyclic amines) is 1. The van der Waals surface area contributed by atoms with Gasteiger partial charge in [0.15, 0.2) is 0 Å². The predicted octanol–water partition coefficient (Wildman–Crippen LogP) is 1.71. The van der Waals surface area contributed by atoms with Gasteiger partial charge in [-0.05, 0) is 31.4 Å². The third-order valence-electron chi connectivity index (χ3n) is 4.40. The first-order chi connectivity index (χ1) is 12.1. The van der Waals surface area contributed by atoms with Crippen LogP contribution in [0, 0.1) is 0 Å². The van der Waals surface area contributed by atoms with Gasteiger partial charge < -0.3 is 15.5 Å². The molecule has 1 aliphatic rings. The number of hydrogen-bond donors (Lipinski definition) is 2. The number of carbonyl (C=O) groups is 3. The Morgan fingerprint density at radius 3 is 2.44 bits per heavy atom. The maximum Gasteiger partial charge on any atom is 0.251 e. The Labute approximate surface area is 149 Å². The topological polar surface area (TPSA) is 78.5 Å². The number of rotatable bonds is 7. The van der Waals surface area contributed by atoms with Crippen LogP contribution in [0.5, 0.6) is 0 Å². The highest BCUT2D eigenvalue weighted by Gasteiger charge is 2.23. The molecule has 1 aliphatic heterocycles. The van der Waals surface area contributed by atoms with Crippen molar-refractivity contribution in [2.75, 3.05) is 19.6 Å². The van der Waals surface area contributed by atoms with Crippen LogP contribution in [0.15, 0.2) is 30.3 Å². The molecule has 6 nitrogen and oxygen atoms in total. The van der Waals surface area contributed by atoms with Crippen LogP contribution in [0.3, 0.4) is 0 Å². The lowest BCUT2D eigenvalue weighted by Crippen LogP contribution is -2.48. The van der Waals surface area contributed by atoms with E-state index in [2.05, 4.69) is 17.6 Å². The van der Waals surface area contributed by atoms with Gasteiger partial charge >= 0.3 is 0 Å². The molecular formula is C19H27N3O3. The standard InChI is InChI=1S/C19H27N3O3/c1-2-3-9-18(24)22-12-10-16(11-13-22)21-17(23)14-20-19(25)15-7-5-4-6-8-15/h4-8,16H,2-3,9-14H2,1H3,(H,20,25)(H,21,23). The smallest absolute Gasteiger partial charge is 0.251 e. The van der Waals surface area contributed by atoms with Crippen LogP contribution in [0.4, 0.5) is 0 Å². The van der Waals surface area contributed by atoms with Gasteiger partial charge in [0.25, 0.3) is 5.91 Å². The van der Waals surface area contributed by atoms with Gasteiger partial charge in [-0.15, -0.1) is 0 Å². The summed E-state index contributed by atoms with van der Waals surface area (Å²) in [5.74, 6) is -0.242. The van der Waals surface area contributed by atoms with E-state index in [0.29, 0.717) is 25.1 Å². The lowest BCUT2D eigenvalue weighted by atomic mass is 10.0. The van der Waals surface area contributed by atoms with Gasteiger partial charge in [-0.1, -0.05) is 31.5 Å². The first kappa shape index (κ1) is 19.0. The van der Waals surface area contributed by atoms with Crippen molar-refractivity contribution in [3.8, 4) is 0 Å². The van der Waals surface area contributed by atoms with Crippen molar-refractivity contribution in [2.45, 2.75) is 45.1 Å². The van der Waals surface area contributed by atoms with Crippen LogP contribution in [-0.4, -0.2) is 48.3 Å². The van der Waals surface area contributed by atoms with Crippen LogP contribution in [0.1, 0.15) is 49.4 Å². The third kappa shape index (κ3) is 6.21. The normalized spacial score (nSPS) is 14.8. The van der Waals surface area contributed by atoms with Crippen LogP contribution < -0.4 is 10.6 Å². The molecule has 1 heterocycles. The minimum absolute atomic E-state index is 0.0383. The number of amides is 3. The minimum atomic E-state index is -0.257.